The van der Waals surface area contributed by atoms with Gasteiger partial charge in [-0.05, 0) is 47.0 Å². The van der Waals surface area contributed by atoms with Crippen molar-refractivity contribution < 1.29 is 4.79 Å². The molecule has 0 saturated carbocycles. The van der Waals surface area contributed by atoms with E-state index in [0.29, 0.717) is 6.54 Å². The van der Waals surface area contributed by atoms with Gasteiger partial charge in [0.15, 0.2) is 0 Å². The SMILES string of the molecule is O=C(NCCc1cccc(Br)c1)Nc1ccc2ccccc2c1. The van der Waals surface area contributed by atoms with Crippen molar-refractivity contribution in [2.24, 2.45) is 0 Å². The Morgan fingerprint density at radius 1 is 0.913 bits per heavy atom. The number of carbonyl (C=O) groups excluding carboxylic acids is 1. The third kappa shape index (κ3) is 4.33. The highest BCUT2D eigenvalue weighted by Crippen LogP contribution is 2.18. The first-order chi connectivity index (χ1) is 11.2. The molecule has 0 aliphatic heterocycles. The van der Waals surface area contributed by atoms with Crippen molar-refractivity contribution >= 4 is 38.4 Å². The molecule has 0 aliphatic carbocycles. The summed E-state index contributed by atoms with van der Waals surface area (Å²) >= 11 is 3.45. The molecule has 0 spiro atoms. The quantitative estimate of drug-likeness (QED) is 0.670. The number of urea groups is 1. The lowest BCUT2D eigenvalue weighted by Gasteiger charge is -2.09. The van der Waals surface area contributed by atoms with Gasteiger partial charge in [0.25, 0.3) is 0 Å². The first-order valence-corrected chi connectivity index (χ1v) is 8.28. The van der Waals surface area contributed by atoms with Gasteiger partial charge in [0, 0.05) is 16.7 Å². The Balaban J connectivity index is 1.54. The second-order valence-electron chi connectivity index (χ2n) is 5.32. The van der Waals surface area contributed by atoms with Gasteiger partial charge < -0.3 is 10.6 Å². The largest absolute Gasteiger partial charge is 0.338 e. The zero-order valence-electron chi connectivity index (χ0n) is 12.6. The van der Waals surface area contributed by atoms with E-state index >= 15 is 0 Å². The Labute approximate surface area is 143 Å². The van der Waals surface area contributed by atoms with Gasteiger partial charge in [-0.25, -0.2) is 4.79 Å². The fourth-order valence-corrected chi connectivity index (χ4v) is 2.90. The Bertz CT molecular complexity index is 832. The number of hydrogen-bond acceptors (Lipinski definition) is 1. The highest BCUT2D eigenvalue weighted by molar-refractivity contribution is 9.10. The molecule has 23 heavy (non-hydrogen) atoms. The van der Waals surface area contributed by atoms with E-state index in [2.05, 4.69) is 38.7 Å². The molecule has 3 nitrogen and oxygen atoms in total. The Hall–Kier alpha value is -2.33. The van der Waals surface area contributed by atoms with Gasteiger partial charge >= 0.3 is 6.03 Å². The minimum absolute atomic E-state index is 0.185. The monoisotopic (exact) mass is 368 g/mol. The number of nitrogens with one attached hydrogen (secondary N) is 2. The molecule has 2 N–H and O–H groups in total. The van der Waals surface area contributed by atoms with Crippen LogP contribution in [0.4, 0.5) is 10.5 Å². The minimum Gasteiger partial charge on any atom is -0.338 e. The smallest absolute Gasteiger partial charge is 0.319 e. The summed E-state index contributed by atoms with van der Waals surface area (Å²) in [5.41, 5.74) is 1.98. The van der Waals surface area contributed by atoms with E-state index in [4.69, 9.17) is 0 Å². The van der Waals surface area contributed by atoms with Crippen LogP contribution in [0.2, 0.25) is 0 Å². The first-order valence-electron chi connectivity index (χ1n) is 7.49. The average molecular weight is 369 g/mol. The van der Waals surface area contributed by atoms with Gasteiger partial charge in [-0.3, -0.25) is 0 Å². The molecule has 3 aromatic rings. The standard InChI is InChI=1S/C19H17BrN2O/c20-17-7-3-4-14(12-17)10-11-21-19(23)22-18-9-8-15-5-1-2-6-16(15)13-18/h1-9,12-13H,10-11H2,(H2,21,22,23). The van der Waals surface area contributed by atoms with Gasteiger partial charge in [0.2, 0.25) is 0 Å². The van der Waals surface area contributed by atoms with Crippen LogP contribution in [0, 0.1) is 0 Å². The maximum absolute atomic E-state index is 12.0. The summed E-state index contributed by atoms with van der Waals surface area (Å²) in [6, 6.07) is 21.9. The summed E-state index contributed by atoms with van der Waals surface area (Å²) in [5, 5.41) is 8.03. The number of benzene rings is 3. The van der Waals surface area contributed by atoms with Gasteiger partial charge in [-0.1, -0.05) is 58.4 Å². The number of hydrogen-bond donors (Lipinski definition) is 2. The van der Waals surface area contributed by atoms with Crippen LogP contribution in [0.5, 0.6) is 0 Å². The van der Waals surface area contributed by atoms with Gasteiger partial charge in [-0.2, -0.15) is 0 Å². The van der Waals surface area contributed by atoms with E-state index in [1.54, 1.807) is 0 Å². The van der Waals surface area contributed by atoms with Crippen molar-refractivity contribution in [2.75, 3.05) is 11.9 Å². The maximum Gasteiger partial charge on any atom is 0.319 e. The summed E-state index contributed by atoms with van der Waals surface area (Å²) in [6.07, 6.45) is 0.796. The van der Waals surface area contributed by atoms with Crippen LogP contribution in [0.1, 0.15) is 5.56 Å². The Morgan fingerprint density at radius 3 is 2.57 bits per heavy atom. The van der Waals surface area contributed by atoms with Crippen LogP contribution in [-0.2, 0) is 6.42 Å². The summed E-state index contributed by atoms with van der Waals surface area (Å²) in [6.45, 7) is 0.593. The number of amides is 2. The summed E-state index contributed by atoms with van der Waals surface area (Å²) in [4.78, 5) is 12.0. The molecular weight excluding hydrogens is 352 g/mol. The number of carbonyl (C=O) groups is 1. The predicted octanol–water partition coefficient (Wildman–Crippen LogP) is 4.97. The molecule has 0 atom stereocenters. The second-order valence-corrected chi connectivity index (χ2v) is 6.24. The second kappa shape index (κ2) is 7.29. The Kier molecular flexibility index (Phi) is 4.93. The first kappa shape index (κ1) is 15.6. The number of halogens is 1. The van der Waals surface area contributed by atoms with E-state index in [1.807, 2.05) is 54.6 Å². The molecule has 3 rings (SSSR count). The molecule has 0 radical (unpaired) electrons. The molecular formula is C19H17BrN2O. The van der Waals surface area contributed by atoms with Crippen LogP contribution in [0.3, 0.4) is 0 Å². The van der Waals surface area contributed by atoms with Crippen LogP contribution in [-0.4, -0.2) is 12.6 Å². The molecule has 0 heterocycles. The van der Waals surface area contributed by atoms with Gasteiger partial charge in [0.05, 0.1) is 0 Å². The molecule has 116 valence electrons. The minimum atomic E-state index is -0.185. The summed E-state index contributed by atoms with van der Waals surface area (Å²) in [7, 11) is 0. The van der Waals surface area contributed by atoms with E-state index in [1.165, 1.54) is 5.56 Å². The molecule has 4 heteroatoms. The molecule has 0 fully saturated rings. The molecule has 0 aliphatic rings. The topological polar surface area (TPSA) is 41.1 Å². The number of fused-ring (bicyclic) bond motifs is 1. The van der Waals surface area contributed by atoms with Crippen molar-refractivity contribution in [1.29, 1.82) is 0 Å². The van der Waals surface area contributed by atoms with Crippen LogP contribution in [0.15, 0.2) is 71.2 Å². The van der Waals surface area contributed by atoms with Crippen molar-refractivity contribution in [3.05, 3.63) is 76.8 Å². The number of anilines is 1. The molecule has 0 bridgehead atoms. The lowest BCUT2D eigenvalue weighted by molar-refractivity contribution is 0.252. The van der Waals surface area contributed by atoms with Crippen LogP contribution in [0.25, 0.3) is 10.8 Å². The third-order valence-corrected chi connectivity index (χ3v) is 4.09. The van der Waals surface area contributed by atoms with Crippen molar-refractivity contribution in [3.63, 3.8) is 0 Å². The van der Waals surface area contributed by atoms with E-state index in [-0.39, 0.29) is 6.03 Å². The van der Waals surface area contributed by atoms with Crippen molar-refractivity contribution in [3.8, 4) is 0 Å². The number of rotatable bonds is 4. The van der Waals surface area contributed by atoms with Gasteiger partial charge in [-0.15, -0.1) is 0 Å². The van der Waals surface area contributed by atoms with Crippen LogP contribution < -0.4 is 10.6 Å². The molecule has 2 amide bonds. The fourth-order valence-electron chi connectivity index (χ4n) is 2.46. The normalized spacial score (nSPS) is 10.5. The van der Waals surface area contributed by atoms with E-state index in [9.17, 15) is 4.79 Å². The fraction of sp³-hybridized carbons (Fsp3) is 0.105. The maximum atomic E-state index is 12.0. The third-order valence-electron chi connectivity index (χ3n) is 3.60. The zero-order chi connectivity index (χ0) is 16.1. The molecule has 0 unspecified atom stereocenters. The van der Waals surface area contributed by atoms with Crippen molar-refractivity contribution in [2.45, 2.75) is 6.42 Å². The highest BCUT2D eigenvalue weighted by atomic mass is 79.9. The Morgan fingerprint density at radius 2 is 1.74 bits per heavy atom. The van der Waals surface area contributed by atoms with E-state index < -0.39 is 0 Å². The van der Waals surface area contributed by atoms with E-state index in [0.717, 1.165) is 27.4 Å². The zero-order valence-corrected chi connectivity index (χ0v) is 14.1. The molecule has 3 aromatic carbocycles. The average Bonchev–Trinajstić information content (AvgIpc) is 2.55. The highest BCUT2D eigenvalue weighted by Gasteiger charge is 2.02. The summed E-state index contributed by atoms with van der Waals surface area (Å²) < 4.78 is 1.05. The molecule has 0 aromatic heterocycles. The lowest BCUT2D eigenvalue weighted by atomic mass is 10.1. The molecule has 0 saturated heterocycles. The van der Waals surface area contributed by atoms with Crippen molar-refractivity contribution in [1.82, 2.24) is 5.32 Å². The van der Waals surface area contributed by atoms with Gasteiger partial charge in [0.1, 0.15) is 0 Å². The van der Waals surface area contributed by atoms with Crippen LogP contribution >= 0.6 is 15.9 Å². The predicted molar refractivity (Wildman–Crippen MR) is 98.8 cm³/mol. The lowest BCUT2D eigenvalue weighted by Crippen LogP contribution is -2.30. The summed E-state index contributed by atoms with van der Waals surface area (Å²) in [5.74, 6) is 0.